The Bertz CT molecular complexity index is 542. The van der Waals surface area contributed by atoms with Crippen molar-refractivity contribution in [2.75, 3.05) is 6.61 Å². The lowest BCUT2D eigenvalue weighted by Gasteiger charge is -2.48. The van der Waals surface area contributed by atoms with Gasteiger partial charge in [0.05, 0.1) is 6.61 Å². The Morgan fingerprint density at radius 3 is 3.00 bits per heavy atom. The largest absolute Gasteiger partial charge is 0.465 e. The Hall–Kier alpha value is -1.05. The molecule has 0 aliphatic heterocycles. The van der Waals surface area contributed by atoms with Gasteiger partial charge in [-0.05, 0) is 80.8 Å². The normalized spacial score (nSPS) is 37.0. The van der Waals surface area contributed by atoms with Gasteiger partial charge < -0.3 is 4.74 Å². The number of rotatable bonds is 2. The van der Waals surface area contributed by atoms with Gasteiger partial charge in [-0.2, -0.15) is 0 Å². The number of esters is 1. The SMILES string of the molecule is CC(=O)OC[C@@]12CCC[C@H]1[C@@H]1CCC3=CCCCC3=C1CC2. The maximum Gasteiger partial charge on any atom is 0.302 e. The van der Waals surface area contributed by atoms with Gasteiger partial charge >= 0.3 is 5.97 Å². The molecule has 0 bridgehead atoms. The highest BCUT2D eigenvalue weighted by Gasteiger charge is 2.51. The molecule has 2 saturated carbocycles. The average Bonchev–Trinajstić information content (AvgIpc) is 2.97. The van der Waals surface area contributed by atoms with Crippen LogP contribution in [-0.2, 0) is 9.53 Å². The van der Waals surface area contributed by atoms with E-state index in [1.165, 1.54) is 64.2 Å². The summed E-state index contributed by atoms with van der Waals surface area (Å²) >= 11 is 0. The molecule has 2 heteroatoms. The second kappa shape index (κ2) is 5.54. The molecule has 0 saturated heterocycles. The fraction of sp³-hybridized carbons (Fsp3) is 0.750. The number of carbonyl (C=O) groups is 1. The molecule has 0 aromatic rings. The van der Waals surface area contributed by atoms with E-state index in [2.05, 4.69) is 6.08 Å². The molecule has 0 aromatic heterocycles. The molecule has 0 amide bonds. The van der Waals surface area contributed by atoms with Crippen LogP contribution in [0.2, 0.25) is 0 Å². The fourth-order valence-corrected chi connectivity index (χ4v) is 5.93. The molecule has 22 heavy (non-hydrogen) atoms. The first-order chi connectivity index (χ1) is 10.7. The smallest absolute Gasteiger partial charge is 0.302 e. The van der Waals surface area contributed by atoms with E-state index in [9.17, 15) is 4.79 Å². The zero-order chi connectivity index (χ0) is 15.2. The number of ether oxygens (including phenoxy) is 1. The molecule has 0 spiro atoms. The third kappa shape index (κ3) is 2.26. The standard InChI is InChI=1S/C20H28O2/c1-14(21)22-13-20-11-4-7-19(20)18-9-8-15-5-2-3-6-16(15)17(18)10-12-20/h5,18-19H,2-4,6-13H2,1H3/t18-,19+,20+/m1/s1. The van der Waals surface area contributed by atoms with E-state index >= 15 is 0 Å². The van der Waals surface area contributed by atoms with Gasteiger partial charge in [0.25, 0.3) is 0 Å². The van der Waals surface area contributed by atoms with Gasteiger partial charge in [-0.1, -0.05) is 18.1 Å². The van der Waals surface area contributed by atoms with Crippen LogP contribution in [0.5, 0.6) is 0 Å². The minimum atomic E-state index is -0.106. The lowest BCUT2D eigenvalue weighted by molar-refractivity contribution is -0.146. The van der Waals surface area contributed by atoms with E-state index in [4.69, 9.17) is 4.74 Å². The Kier molecular flexibility index (Phi) is 3.66. The average molecular weight is 300 g/mol. The summed E-state index contributed by atoms with van der Waals surface area (Å²) in [4.78, 5) is 11.3. The van der Waals surface area contributed by atoms with E-state index < -0.39 is 0 Å². The van der Waals surface area contributed by atoms with Gasteiger partial charge in [0.15, 0.2) is 0 Å². The van der Waals surface area contributed by atoms with Gasteiger partial charge in [-0.15, -0.1) is 0 Å². The Balaban J connectivity index is 1.63. The predicted molar refractivity (Wildman–Crippen MR) is 87.3 cm³/mol. The first kappa shape index (κ1) is 14.5. The van der Waals surface area contributed by atoms with Crippen molar-refractivity contribution in [3.8, 4) is 0 Å². The monoisotopic (exact) mass is 300 g/mol. The van der Waals surface area contributed by atoms with Crippen LogP contribution in [0.1, 0.15) is 71.1 Å². The van der Waals surface area contributed by atoms with E-state index in [1.54, 1.807) is 18.1 Å². The van der Waals surface area contributed by atoms with Crippen molar-refractivity contribution < 1.29 is 9.53 Å². The highest BCUT2D eigenvalue weighted by Crippen LogP contribution is 2.60. The quantitative estimate of drug-likeness (QED) is 0.675. The van der Waals surface area contributed by atoms with Gasteiger partial charge in [-0.25, -0.2) is 0 Å². The molecule has 2 nitrogen and oxygen atoms in total. The Labute approximate surface area is 134 Å². The first-order valence-corrected chi connectivity index (χ1v) is 9.24. The number of carbonyl (C=O) groups excluding carboxylic acids is 1. The van der Waals surface area contributed by atoms with Crippen molar-refractivity contribution in [3.05, 3.63) is 22.8 Å². The molecule has 0 aromatic carbocycles. The fourth-order valence-electron chi connectivity index (χ4n) is 5.93. The molecule has 0 heterocycles. The van der Waals surface area contributed by atoms with Crippen LogP contribution in [0.4, 0.5) is 0 Å². The van der Waals surface area contributed by atoms with Crippen molar-refractivity contribution in [1.82, 2.24) is 0 Å². The number of hydrogen-bond donors (Lipinski definition) is 0. The van der Waals surface area contributed by atoms with Crippen LogP contribution >= 0.6 is 0 Å². The lowest BCUT2D eigenvalue weighted by atomic mass is 9.57. The van der Waals surface area contributed by atoms with Crippen LogP contribution in [0.25, 0.3) is 0 Å². The van der Waals surface area contributed by atoms with Gasteiger partial charge in [0.1, 0.15) is 0 Å². The summed E-state index contributed by atoms with van der Waals surface area (Å²) in [7, 11) is 0. The van der Waals surface area contributed by atoms with Gasteiger partial charge in [0.2, 0.25) is 0 Å². The summed E-state index contributed by atoms with van der Waals surface area (Å²) in [5.74, 6) is 1.45. The minimum Gasteiger partial charge on any atom is -0.465 e. The van der Waals surface area contributed by atoms with Crippen LogP contribution in [0.15, 0.2) is 22.8 Å². The molecule has 4 rings (SSSR count). The van der Waals surface area contributed by atoms with Crippen LogP contribution in [0, 0.1) is 17.3 Å². The summed E-state index contributed by atoms with van der Waals surface area (Å²) < 4.78 is 5.51. The second-order valence-corrected chi connectivity index (χ2v) is 7.91. The molecular formula is C20H28O2. The maximum atomic E-state index is 11.3. The van der Waals surface area contributed by atoms with Crippen molar-refractivity contribution in [3.63, 3.8) is 0 Å². The van der Waals surface area contributed by atoms with Crippen LogP contribution in [-0.4, -0.2) is 12.6 Å². The van der Waals surface area contributed by atoms with Crippen molar-refractivity contribution >= 4 is 5.97 Å². The predicted octanol–water partition coefficient (Wildman–Crippen LogP) is 4.95. The topological polar surface area (TPSA) is 26.3 Å². The summed E-state index contributed by atoms with van der Waals surface area (Å²) in [5.41, 5.74) is 5.54. The highest BCUT2D eigenvalue weighted by molar-refractivity contribution is 5.65. The van der Waals surface area contributed by atoms with Crippen LogP contribution < -0.4 is 0 Å². The van der Waals surface area contributed by atoms with Crippen LogP contribution in [0.3, 0.4) is 0 Å². The molecule has 120 valence electrons. The molecule has 4 aliphatic carbocycles. The Morgan fingerprint density at radius 1 is 1.23 bits per heavy atom. The molecule has 4 aliphatic rings. The highest BCUT2D eigenvalue weighted by atomic mass is 16.5. The second-order valence-electron chi connectivity index (χ2n) is 7.91. The van der Waals surface area contributed by atoms with Gasteiger partial charge in [0, 0.05) is 12.3 Å². The third-order valence-electron chi connectivity index (χ3n) is 6.89. The summed E-state index contributed by atoms with van der Waals surface area (Å²) in [6, 6.07) is 0. The molecule has 0 N–H and O–H groups in total. The molecule has 0 unspecified atom stereocenters. The van der Waals surface area contributed by atoms with Crippen molar-refractivity contribution in [2.24, 2.45) is 17.3 Å². The minimum absolute atomic E-state index is 0.106. The molecule has 2 fully saturated rings. The van der Waals surface area contributed by atoms with E-state index in [1.807, 2.05) is 5.57 Å². The molecule has 3 atom stereocenters. The number of allylic oxidation sites excluding steroid dienone is 4. The first-order valence-electron chi connectivity index (χ1n) is 9.24. The van der Waals surface area contributed by atoms with Gasteiger partial charge in [-0.3, -0.25) is 4.79 Å². The summed E-state index contributed by atoms with van der Waals surface area (Å²) in [6.07, 6.45) is 15.6. The van der Waals surface area contributed by atoms with Crippen molar-refractivity contribution in [1.29, 1.82) is 0 Å². The zero-order valence-corrected chi connectivity index (χ0v) is 13.8. The van der Waals surface area contributed by atoms with E-state index in [0.29, 0.717) is 12.0 Å². The molecular weight excluding hydrogens is 272 g/mol. The zero-order valence-electron chi connectivity index (χ0n) is 13.8. The summed E-state index contributed by atoms with van der Waals surface area (Å²) in [5, 5.41) is 0. The van der Waals surface area contributed by atoms with Crippen molar-refractivity contribution in [2.45, 2.75) is 71.1 Å². The third-order valence-corrected chi connectivity index (χ3v) is 6.89. The number of fused-ring (bicyclic) bond motifs is 4. The molecule has 0 radical (unpaired) electrons. The maximum absolute atomic E-state index is 11.3. The Morgan fingerprint density at radius 2 is 2.14 bits per heavy atom. The van der Waals surface area contributed by atoms with E-state index in [0.717, 1.165) is 11.8 Å². The number of hydrogen-bond acceptors (Lipinski definition) is 2. The lowest BCUT2D eigenvalue weighted by Crippen LogP contribution is -2.42. The van der Waals surface area contributed by atoms with E-state index in [-0.39, 0.29) is 5.97 Å². The summed E-state index contributed by atoms with van der Waals surface area (Å²) in [6.45, 7) is 2.23.